The molecule has 0 aliphatic heterocycles. The fourth-order valence-electron chi connectivity index (χ4n) is 3.58. The second-order valence-electron chi connectivity index (χ2n) is 9.65. The minimum absolute atomic E-state index is 0.301. The van der Waals surface area contributed by atoms with Gasteiger partial charge in [0.2, 0.25) is 0 Å². The lowest BCUT2D eigenvalue weighted by atomic mass is 9.96. The Hall–Kier alpha value is -1.64. The van der Waals surface area contributed by atoms with Crippen LogP contribution in [0.2, 0.25) is 18.1 Å². The minimum Gasteiger partial charge on any atom is -0.417 e. The maximum atomic E-state index is 6.33. The summed E-state index contributed by atoms with van der Waals surface area (Å²) in [6.07, 6.45) is 8.08. The summed E-state index contributed by atoms with van der Waals surface area (Å²) in [4.78, 5) is 0. The van der Waals surface area contributed by atoms with Crippen LogP contribution in [0.4, 0.5) is 0 Å². The number of rotatable bonds is 8. The van der Waals surface area contributed by atoms with Crippen LogP contribution < -0.4 is 0 Å². The molecule has 0 bridgehead atoms. The van der Waals surface area contributed by atoms with Crippen molar-refractivity contribution in [3.05, 3.63) is 76.9 Å². The summed E-state index contributed by atoms with van der Waals surface area (Å²) >= 11 is 0. The van der Waals surface area contributed by atoms with E-state index in [1.807, 2.05) is 0 Å². The van der Waals surface area contributed by atoms with Crippen LogP contribution in [0, 0.1) is 0 Å². The van der Waals surface area contributed by atoms with Crippen LogP contribution in [0.5, 0.6) is 0 Å². The van der Waals surface area contributed by atoms with Gasteiger partial charge in [-0.05, 0) is 78.1 Å². The number of unbranched alkanes of at least 4 members (excludes halogenated alkanes) is 1. The van der Waals surface area contributed by atoms with Crippen molar-refractivity contribution in [3.8, 4) is 0 Å². The third kappa shape index (κ3) is 5.24. The highest BCUT2D eigenvalue weighted by molar-refractivity contribution is 6.74. The molecule has 0 heterocycles. The summed E-state index contributed by atoms with van der Waals surface area (Å²) in [5, 5.41) is 0.301. The lowest BCUT2D eigenvalue weighted by Crippen LogP contribution is -2.40. The molecule has 28 heavy (non-hydrogen) atoms. The Kier molecular flexibility index (Phi) is 6.62. The van der Waals surface area contributed by atoms with Gasteiger partial charge in [-0.2, -0.15) is 0 Å². The molecule has 0 aromatic heterocycles. The first-order chi connectivity index (χ1) is 13.3. The maximum Gasteiger partial charge on any atom is 0.191 e. The number of allylic oxidation sites excluding steroid dienone is 2. The molecular weight excluding hydrogens is 356 g/mol. The second-order valence-corrected chi connectivity index (χ2v) is 14.5. The Morgan fingerprint density at radius 1 is 0.929 bits per heavy atom. The van der Waals surface area contributed by atoms with Gasteiger partial charge in [-0.3, -0.25) is 0 Å². The molecule has 0 spiro atoms. The van der Waals surface area contributed by atoms with Gasteiger partial charge in [0, 0.05) is 6.61 Å². The first kappa shape index (κ1) is 21.1. The molecule has 2 aromatic carbocycles. The molecule has 150 valence electrons. The third-order valence-electron chi connectivity index (χ3n) is 6.45. The van der Waals surface area contributed by atoms with Crippen LogP contribution in [-0.2, 0) is 17.3 Å². The highest BCUT2D eigenvalue weighted by Crippen LogP contribution is 2.37. The first-order valence-electron chi connectivity index (χ1n) is 10.8. The number of hydrogen-bond donors (Lipinski definition) is 0. The number of fused-ring (bicyclic) bond motifs is 1. The standard InChI is InChI=1S/C26H36OSi/c1-26(2,3)28(4,5)27-18-10-9-13-23-16-17-24-15-14-22(20-25(23)24)19-21-11-7-6-8-12-21/h6-8,11-12,14-16,20H,9-10,13,17-19H2,1-5H3. The van der Waals surface area contributed by atoms with Gasteiger partial charge in [-0.1, -0.05) is 75.4 Å². The van der Waals surface area contributed by atoms with Gasteiger partial charge in [0.15, 0.2) is 8.32 Å². The molecule has 0 N–H and O–H groups in total. The fraction of sp³-hybridized carbons (Fsp3) is 0.462. The average Bonchev–Trinajstić information content (AvgIpc) is 3.04. The second kappa shape index (κ2) is 8.80. The zero-order valence-electron chi connectivity index (χ0n) is 18.3. The maximum absolute atomic E-state index is 6.33. The van der Waals surface area contributed by atoms with Gasteiger partial charge >= 0.3 is 0 Å². The van der Waals surface area contributed by atoms with E-state index in [-0.39, 0.29) is 0 Å². The molecule has 0 saturated heterocycles. The number of hydrogen-bond acceptors (Lipinski definition) is 1. The van der Waals surface area contributed by atoms with Crippen molar-refractivity contribution in [1.29, 1.82) is 0 Å². The molecule has 0 fully saturated rings. The highest BCUT2D eigenvalue weighted by Gasteiger charge is 2.36. The predicted molar refractivity (Wildman–Crippen MR) is 124 cm³/mol. The van der Waals surface area contributed by atoms with Gasteiger partial charge in [0.1, 0.15) is 0 Å². The van der Waals surface area contributed by atoms with E-state index in [0.717, 1.165) is 25.9 Å². The summed E-state index contributed by atoms with van der Waals surface area (Å²) in [5.41, 5.74) is 7.31. The Labute approximate surface area is 173 Å². The van der Waals surface area contributed by atoms with Crippen LogP contribution in [0.3, 0.4) is 0 Å². The van der Waals surface area contributed by atoms with Gasteiger partial charge in [0.05, 0.1) is 0 Å². The Balaban J connectivity index is 1.52. The van der Waals surface area contributed by atoms with Crippen molar-refractivity contribution in [2.75, 3.05) is 6.61 Å². The van der Waals surface area contributed by atoms with Gasteiger partial charge in [-0.15, -0.1) is 0 Å². The van der Waals surface area contributed by atoms with E-state index >= 15 is 0 Å². The molecule has 0 unspecified atom stereocenters. The molecule has 1 aliphatic carbocycles. The van der Waals surface area contributed by atoms with Gasteiger partial charge < -0.3 is 4.43 Å². The fourth-order valence-corrected chi connectivity index (χ4v) is 4.67. The van der Waals surface area contributed by atoms with E-state index in [1.165, 1.54) is 40.7 Å². The number of benzene rings is 2. The van der Waals surface area contributed by atoms with Gasteiger partial charge in [-0.25, -0.2) is 0 Å². The molecule has 0 atom stereocenters. The molecule has 1 aliphatic rings. The molecule has 2 aromatic rings. The molecule has 2 heteroatoms. The Morgan fingerprint density at radius 3 is 2.39 bits per heavy atom. The van der Waals surface area contributed by atoms with Crippen molar-refractivity contribution in [3.63, 3.8) is 0 Å². The van der Waals surface area contributed by atoms with Crippen molar-refractivity contribution in [2.45, 2.75) is 71.0 Å². The van der Waals surface area contributed by atoms with Crippen LogP contribution in [0.15, 0.2) is 54.6 Å². The van der Waals surface area contributed by atoms with Crippen molar-refractivity contribution < 1.29 is 4.43 Å². The average molecular weight is 393 g/mol. The molecule has 0 amide bonds. The van der Waals surface area contributed by atoms with Crippen LogP contribution in [0.1, 0.15) is 62.3 Å². The summed E-state index contributed by atoms with van der Waals surface area (Å²) in [7, 11) is -1.60. The molecule has 1 nitrogen and oxygen atoms in total. The van der Waals surface area contributed by atoms with Crippen LogP contribution >= 0.6 is 0 Å². The molecule has 0 saturated carbocycles. The summed E-state index contributed by atoms with van der Waals surface area (Å²) in [5.74, 6) is 0. The first-order valence-corrected chi connectivity index (χ1v) is 13.7. The van der Waals surface area contributed by atoms with E-state index in [2.05, 4.69) is 88.5 Å². The third-order valence-corrected chi connectivity index (χ3v) is 11.0. The molecule has 0 radical (unpaired) electrons. The quantitative estimate of drug-likeness (QED) is 0.336. The largest absolute Gasteiger partial charge is 0.417 e. The zero-order chi connectivity index (χ0) is 20.2. The minimum atomic E-state index is -1.60. The SMILES string of the molecule is CC(C)(C)[Si](C)(C)OCCCCC1=CCc2ccc(Cc3ccccc3)cc21. The Morgan fingerprint density at radius 2 is 1.68 bits per heavy atom. The van der Waals surface area contributed by atoms with Gasteiger partial charge in [0.25, 0.3) is 0 Å². The van der Waals surface area contributed by atoms with Crippen LogP contribution in [0.25, 0.3) is 5.57 Å². The summed E-state index contributed by atoms with van der Waals surface area (Å²) in [6, 6.07) is 17.8. The van der Waals surface area contributed by atoms with Crippen molar-refractivity contribution >= 4 is 13.9 Å². The summed E-state index contributed by atoms with van der Waals surface area (Å²) in [6.45, 7) is 12.5. The van der Waals surface area contributed by atoms with Crippen molar-refractivity contribution in [2.24, 2.45) is 0 Å². The predicted octanol–water partition coefficient (Wildman–Crippen LogP) is 7.41. The lowest BCUT2D eigenvalue weighted by molar-refractivity contribution is 0.280. The van der Waals surface area contributed by atoms with E-state index in [0.29, 0.717) is 5.04 Å². The molecular formula is C26H36OSi. The van der Waals surface area contributed by atoms with Crippen molar-refractivity contribution in [1.82, 2.24) is 0 Å². The van der Waals surface area contributed by atoms with E-state index < -0.39 is 8.32 Å². The highest BCUT2D eigenvalue weighted by atomic mass is 28.4. The monoisotopic (exact) mass is 392 g/mol. The lowest BCUT2D eigenvalue weighted by Gasteiger charge is -2.36. The zero-order valence-corrected chi connectivity index (χ0v) is 19.3. The smallest absolute Gasteiger partial charge is 0.191 e. The summed E-state index contributed by atoms with van der Waals surface area (Å²) < 4.78 is 6.33. The normalized spacial score (nSPS) is 14.1. The van der Waals surface area contributed by atoms with E-state index in [9.17, 15) is 0 Å². The van der Waals surface area contributed by atoms with Crippen LogP contribution in [-0.4, -0.2) is 14.9 Å². The van der Waals surface area contributed by atoms with E-state index in [1.54, 1.807) is 0 Å². The topological polar surface area (TPSA) is 9.23 Å². The Bertz CT molecular complexity index is 812. The van der Waals surface area contributed by atoms with E-state index in [4.69, 9.17) is 4.43 Å². The molecule has 3 rings (SSSR count).